The molecule has 0 aliphatic rings. The summed E-state index contributed by atoms with van der Waals surface area (Å²) >= 11 is 0. The largest absolute Gasteiger partial charge is 0.310 e. The van der Waals surface area contributed by atoms with E-state index in [1.165, 1.54) is 44.9 Å². The van der Waals surface area contributed by atoms with Crippen LogP contribution in [0.4, 0.5) is 17.1 Å². The number of rotatable bonds is 3. The summed E-state index contributed by atoms with van der Waals surface area (Å²) in [4.78, 5) is 2.38. The summed E-state index contributed by atoms with van der Waals surface area (Å²) in [5.74, 6) is 0. The van der Waals surface area contributed by atoms with E-state index in [4.69, 9.17) is 0 Å². The highest BCUT2D eigenvalue weighted by molar-refractivity contribution is 5.82. The summed E-state index contributed by atoms with van der Waals surface area (Å²) in [6.45, 7) is 15.2. The Bertz CT molecular complexity index is 780. The molecular weight excluding hydrogens is 314 g/mol. The lowest BCUT2D eigenvalue weighted by Gasteiger charge is -2.31. The molecule has 0 spiro atoms. The number of para-hydroxylation sites is 2. The third-order valence-electron chi connectivity index (χ3n) is 5.21. The van der Waals surface area contributed by atoms with Crippen molar-refractivity contribution in [3.63, 3.8) is 0 Å². The Balaban J connectivity index is 0.00000117. The Morgan fingerprint density at radius 2 is 0.769 bits per heavy atom. The maximum absolute atomic E-state index is 2.38. The van der Waals surface area contributed by atoms with Gasteiger partial charge in [0, 0.05) is 11.4 Å². The summed E-state index contributed by atoms with van der Waals surface area (Å²) in [5, 5.41) is 0. The molecule has 26 heavy (non-hydrogen) atoms. The maximum Gasteiger partial charge on any atom is 0.0525 e. The van der Waals surface area contributed by atoms with Crippen molar-refractivity contribution in [2.45, 2.75) is 48.5 Å². The van der Waals surface area contributed by atoms with Gasteiger partial charge in [-0.3, -0.25) is 0 Å². The van der Waals surface area contributed by atoms with Crippen LogP contribution in [-0.4, -0.2) is 0 Å². The fourth-order valence-electron chi connectivity index (χ4n) is 3.38. The van der Waals surface area contributed by atoms with Crippen LogP contribution in [0.15, 0.2) is 60.7 Å². The summed E-state index contributed by atoms with van der Waals surface area (Å²) < 4.78 is 0. The van der Waals surface area contributed by atoms with Crippen molar-refractivity contribution in [1.29, 1.82) is 0 Å². The number of hydrogen-bond acceptors (Lipinski definition) is 1. The third-order valence-corrected chi connectivity index (χ3v) is 5.21. The van der Waals surface area contributed by atoms with Gasteiger partial charge in [0.05, 0.1) is 5.69 Å². The predicted octanol–water partition coefficient (Wildman–Crippen LogP) is 7.72. The van der Waals surface area contributed by atoms with Gasteiger partial charge in [-0.2, -0.15) is 0 Å². The standard InChI is InChI=1S/C23H25N.C2H6/c1-16-17(2)19(4)23(20(5)18(16)3)24(21-12-8-6-9-13-21)22-14-10-7-11-15-22;1-2/h6-15H,1-5H3;1-2H3. The van der Waals surface area contributed by atoms with E-state index in [1.54, 1.807) is 0 Å². The number of nitrogens with zero attached hydrogens (tertiary/aromatic N) is 1. The molecule has 1 nitrogen and oxygen atoms in total. The molecular formula is C25H31N. The van der Waals surface area contributed by atoms with Gasteiger partial charge in [0.15, 0.2) is 0 Å². The number of hydrogen-bond donors (Lipinski definition) is 0. The normalized spacial score (nSPS) is 10.1. The van der Waals surface area contributed by atoms with Crippen molar-refractivity contribution in [2.75, 3.05) is 4.90 Å². The van der Waals surface area contributed by atoms with Crippen molar-refractivity contribution in [1.82, 2.24) is 0 Å². The second-order valence-electron chi connectivity index (χ2n) is 6.48. The molecule has 3 aromatic carbocycles. The quantitative estimate of drug-likeness (QED) is 0.469. The zero-order valence-corrected chi connectivity index (χ0v) is 17.2. The average molecular weight is 346 g/mol. The molecule has 136 valence electrons. The first-order valence-electron chi connectivity index (χ1n) is 9.49. The van der Waals surface area contributed by atoms with Crippen LogP contribution < -0.4 is 4.90 Å². The van der Waals surface area contributed by atoms with E-state index >= 15 is 0 Å². The topological polar surface area (TPSA) is 3.24 Å². The van der Waals surface area contributed by atoms with Crippen LogP contribution in [0.2, 0.25) is 0 Å². The van der Waals surface area contributed by atoms with Crippen LogP contribution in [0, 0.1) is 34.6 Å². The van der Waals surface area contributed by atoms with Crippen molar-refractivity contribution in [2.24, 2.45) is 0 Å². The molecule has 1 heteroatoms. The van der Waals surface area contributed by atoms with Crippen LogP contribution in [-0.2, 0) is 0 Å². The molecule has 0 amide bonds. The first-order valence-corrected chi connectivity index (χ1v) is 9.49. The highest BCUT2D eigenvalue weighted by atomic mass is 15.1. The van der Waals surface area contributed by atoms with Crippen LogP contribution in [0.25, 0.3) is 0 Å². The van der Waals surface area contributed by atoms with Crippen molar-refractivity contribution < 1.29 is 0 Å². The fraction of sp³-hybridized carbons (Fsp3) is 0.280. The third kappa shape index (κ3) is 3.67. The second-order valence-corrected chi connectivity index (χ2v) is 6.48. The van der Waals surface area contributed by atoms with Gasteiger partial charge in [-0.1, -0.05) is 50.2 Å². The number of benzene rings is 3. The maximum atomic E-state index is 2.38. The van der Waals surface area contributed by atoms with E-state index in [0.29, 0.717) is 0 Å². The smallest absolute Gasteiger partial charge is 0.0525 e. The lowest BCUT2D eigenvalue weighted by molar-refractivity contribution is 1.13. The van der Waals surface area contributed by atoms with E-state index in [0.717, 1.165) is 0 Å². The Morgan fingerprint density at radius 3 is 1.12 bits per heavy atom. The molecule has 0 fully saturated rings. The first-order chi connectivity index (χ1) is 12.5. The summed E-state index contributed by atoms with van der Waals surface area (Å²) in [7, 11) is 0. The van der Waals surface area contributed by atoms with E-state index in [1.807, 2.05) is 13.8 Å². The Hall–Kier alpha value is -2.54. The zero-order valence-electron chi connectivity index (χ0n) is 17.2. The van der Waals surface area contributed by atoms with Crippen LogP contribution >= 0.6 is 0 Å². The lowest BCUT2D eigenvalue weighted by Crippen LogP contribution is -2.15. The monoisotopic (exact) mass is 345 g/mol. The highest BCUT2D eigenvalue weighted by Crippen LogP contribution is 2.41. The summed E-state index contributed by atoms with van der Waals surface area (Å²) in [6.07, 6.45) is 0. The molecule has 3 rings (SSSR count). The van der Waals surface area contributed by atoms with Gasteiger partial charge in [-0.15, -0.1) is 0 Å². The highest BCUT2D eigenvalue weighted by Gasteiger charge is 2.20. The van der Waals surface area contributed by atoms with Crippen molar-refractivity contribution >= 4 is 17.1 Å². The van der Waals surface area contributed by atoms with E-state index < -0.39 is 0 Å². The minimum Gasteiger partial charge on any atom is -0.310 e. The molecule has 0 saturated carbocycles. The zero-order chi connectivity index (χ0) is 19.3. The van der Waals surface area contributed by atoms with Crippen LogP contribution in [0.1, 0.15) is 41.7 Å². The van der Waals surface area contributed by atoms with Gasteiger partial charge in [0.25, 0.3) is 0 Å². The van der Waals surface area contributed by atoms with E-state index in [2.05, 4.69) is 100 Å². The average Bonchev–Trinajstić information content (AvgIpc) is 2.71. The van der Waals surface area contributed by atoms with Gasteiger partial charge < -0.3 is 4.90 Å². The minimum absolute atomic E-state index is 1.19. The molecule has 0 unspecified atom stereocenters. The molecule has 0 atom stereocenters. The van der Waals surface area contributed by atoms with Crippen LogP contribution in [0.3, 0.4) is 0 Å². The molecule has 0 N–H and O–H groups in total. The predicted molar refractivity (Wildman–Crippen MR) is 116 cm³/mol. The Labute approximate surface area is 159 Å². The Kier molecular flexibility index (Phi) is 6.63. The minimum atomic E-state index is 1.19. The van der Waals surface area contributed by atoms with Gasteiger partial charge in [-0.25, -0.2) is 0 Å². The molecule has 0 aliphatic heterocycles. The molecule has 0 aliphatic carbocycles. The Morgan fingerprint density at radius 1 is 0.462 bits per heavy atom. The fourth-order valence-corrected chi connectivity index (χ4v) is 3.38. The molecule has 0 heterocycles. The first kappa shape index (κ1) is 19.8. The van der Waals surface area contributed by atoms with Crippen LogP contribution in [0.5, 0.6) is 0 Å². The molecule has 0 radical (unpaired) electrons. The molecule has 3 aromatic rings. The van der Waals surface area contributed by atoms with E-state index in [9.17, 15) is 0 Å². The number of anilines is 3. The SMILES string of the molecule is CC.Cc1c(C)c(C)c(N(c2ccccc2)c2ccccc2)c(C)c1C. The second kappa shape index (κ2) is 8.71. The molecule has 0 aromatic heterocycles. The van der Waals surface area contributed by atoms with Gasteiger partial charge in [0.2, 0.25) is 0 Å². The van der Waals surface area contributed by atoms with Gasteiger partial charge >= 0.3 is 0 Å². The summed E-state index contributed by atoms with van der Waals surface area (Å²) in [6, 6.07) is 21.2. The van der Waals surface area contributed by atoms with Crippen molar-refractivity contribution in [3.05, 3.63) is 88.5 Å². The molecule has 0 bridgehead atoms. The summed E-state index contributed by atoms with van der Waals surface area (Å²) in [5.41, 5.74) is 10.5. The van der Waals surface area contributed by atoms with Gasteiger partial charge in [0.1, 0.15) is 0 Å². The van der Waals surface area contributed by atoms with Crippen molar-refractivity contribution in [3.8, 4) is 0 Å². The lowest BCUT2D eigenvalue weighted by atomic mass is 9.92. The van der Waals surface area contributed by atoms with E-state index in [-0.39, 0.29) is 0 Å². The molecule has 0 saturated heterocycles. The van der Waals surface area contributed by atoms with Gasteiger partial charge in [-0.05, 0) is 86.7 Å².